The van der Waals surface area contributed by atoms with Crippen molar-refractivity contribution in [3.05, 3.63) is 0 Å². The van der Waals surface area contributed by atoms with Gasteiger partial charge in [0.15, 0.2) is 0 Å². The van der Waals surface area contributed by atoms with Gasteiger partial charge < -0.3 is 16.3 Å². The highest BCUT2D eigenvalue weighted by molar-refractivity contribution is 4.92. The first kappa shape index (κ1) is 14.9. The van der Waals surface area contributed by atoms with Crippen molar-refractivity contribution < 1.29 is 11.0 Å². The van der Waals surface area contributed by atoms with E-state index in [0.717, 1.165) is 23.9 Å². The summed E-state index contributed by atoms with van der Waals surface area (Å²) in [6.07, 6.45) is 15.0. The Balaban J connectivity index is 0.000000722. The fraction of sp³-hybridized carbons (Fsp3) is 1.00. The van der Waals surface area contributed by atoms with Gasteiger partial charge in [0.1, 0.15) is 0 Å². The Hall–Kier alpha value is -0.120. The molecule has 4 atom stereocenters. The van der Waals surface area contributed by atoms with E-state index in [-0.39, 0.29) is 11.0 Å². The molecule has 2 saturated carbocycles. The van der Waals surface area contributed by atoms with Gasteiger partial charge in [-0.15, -0.1) is 0 Å². The van der Waals surface area contributed by atoms with Crippen molar-refractivity contribution in [2.45, 2.75) is 76.3 Å². The van der Waals surface area contributed by atoms with Gasteiger partial charge in [-0.3, -0.25) is 0 Å². The molecule has 3 fully saturated rings. The Kier molecular flexibility index (Phi) is 5.90. The molecule has 1 saturated heterocycles. The zero-order valence-corrected chi connectivity index (χ0v) is 10.9. The summed E-state index contributed by atoms with van der Waals surface area (Å²) in [5.74, 6) is 2.06. The van der Waals surface area contributed by atoms with Gasteiger partial charge in [0.05, 0.1) is 0 Å². The third-order valence-electron chi connectivity index (χ3n) is 5.15. The van der Waals surface area contributed by atoms with Gasteiger partial charge in [-0.1, -0.05) is 25.7 Å². The maximum absolute atomic E-state index is 4.02. The molecule has 4 unspecified atom stereocenters. The highest BCUT2D eigenvalue weighted by Crippen LogP contribution is 2.37. The summed E-state index contributed by atoms with van der Waals surface area (Å²) in [4.78, 5) is 0. The molecule has 102 valence electrons. The molecular weight excluding hydrogens is 214 g/mol. The van der Waals surface area contributed by atoms with Crippen LogP contribution >= 0.6 is 0 Å². The molecule has 5 N–H and O–H groups in total. The summed E-state index contributed by atoms with van der Waals surface area (Å²) in [5.41, 5.74) is 0. The molecule has 3 nitrogen and oxygen atoms in total. The molecule has 0 aromatic carbocycles. The van der Waals surface area contributed by atoms with E-state index in [1.54, 1.807) is 0 Å². The molecule has 0 spiro atoms. The molecule has 0 radical (unpaired) electrons. The predicted molar refractivity (Wildman–Crippen MR) is 71.1 cm³/mol. The van der Waals surface area contributed by atoms with E-state index >= 15 is 0 Å². The number of nitrogens with one attached hydrogen (secondary N) is 1. The number of rotatable bonds is 0. The van der Waals surface area contributed by atoms with E-state index in [2.05, 4.69) is 5.32 Å². The highest BCUT2D eigenvalue weighted by Gasteiger charge is 2.35. The lowest BCUT2D eigenvalue weighted by Crippen LogP contribution is -2.45. The van der Waals surface area contributed by atoms with Crippen LogP contribution in [0.2, 0.25) is 0 Å². The van der Waals surface area contributed by atoms with Crippen molar-refractivity contribution in [3.63, 3.8) is 0 Å². The first-order valence-corrected chi connectivity index (χ1v) is 7.19. The average Bonchev–Trinajstić information content (AvgIpc) is 2.48. The summed E-state index contributed by atoms with van der Waals surface area (Å²) in [7, 11) is 0. The van der Waals surface area contributed by atoms with Crippen LogP contribution in [0.5, 0.6) is 0 Å². The smallest absolute Gasteiger partial charge is 0.00980 e. The largest absolute Gasteiger partial charge is 0.412 e. The van der Waals surface area contributed by atoms with Crippen LogP contribution < -0.4 is 5.32 Å². The molecule has 0 bridgehead atoms. The Morgan fingerprint density at radius 2 is 0.941 bits per heavy atom. The summed E-state index contributed by atoms with van der Waals surface area (Å²) < 4.78 is 0. The molecular formula is C14H29NO2. The molecule has 0 aromatic rings. The first-order chi connectivity index (χ1) is 7.43. The monoisotopic (exact) mass is 243 g/mol. The molecule has 0 aromatic heterocycles. The van der Waals surface area contributed by atoms with Gasteiger partial charge in [0.25, 0.3) is 0 Å². The van der Waals surface area contributed by atoms with Gasteiger partial charge in [-0.05, 0) is 50.4 Å². The Morgan fingerprint density at radius 1 is 0.529 bits per heavy atom. The zero-order valence-electron chi connectivity index (χ0n) is 10.9. The quantitative estimate of drug-likeness (QED) is 0.692. The van der Waals surface area contributed by atoms with Crippen molar-refractivity contribution in [1.29, 1.82) is 0 Å². The van der Waals surface area contributed by atoms with Gasteiger partial charge in [-0.25, -0.2) is 0 Å². The van der Waals surface area contributed by atoms with Crippen LogP contribution in [0.25, 0.3) is 0 Å². The SMILES string of the molecule is C1CCC2NC3CCCCC3CCC2C1.O.O. The fourth-order valence-corrected chi connectivity index (χ4v) is 4.25. The lowest BCUT2D eigenvalue weighted by atomic mass is 9.80. The second-order valence-electron chi connectivity index (χ2n) is 6.05. The zero-order chi connectivity index (χ0) is 10.1. The predicted octanol–water partition coefficient (Wildman–Crippen LogP) is 1.84. The highest BCUT2D eigenvalue weighted by atomic mass is 16.0. The topological polar surface area (TPSA) is 75.0 Å². The summed E-state index contributed by atoms with van der Waals surface area (Å²) in [6, 6.07) is 1.79. The average molecular weight is 243 g/mol. The van der Waals surface area contributed by atoms with E-state index in [1.807, 2.05) is 0 Å². The van der Waals surface area contributed by atoms with Crippen LogP contribution in [-0.2, 0) is 0 Å². The minimum absolute atomic E-state index is 0. The number of hydrogen-bond donors (Lipinski definition) is 1. The molecule has 3 aliphatic rings. The molecule has 0 amide bonds. The number of hydrogen-bond acceptors (Lipinski definition) is 1. The third-order valence-corrected chi connectivity index (χ3v) is 5.15. The first-order valence-electron chi connectivity index (χ1n) is 7.19. The molecule has 1 heterocycles. The van der Waals surface area contributed by atoms with Crippen molar-refractivity contribution >= 4 is 0 Å². The van der Waals surface area contributed by atoms with Gasteiger partial charge >= 0.3 is 0 Å². The van der Waals surface area contributed by atoms with Crippen molar-refractivity contribution in [2.75, 3.05) is 0 Å². The minimum Gasteiger partial charge on any atom is -0.412 e. The van der Waals surface area contributed by atoms with Gasteiger partial charge in [-0.2, -0.15) is 0 Å². The van der Waals surface area contributed by atoms with Crippen molar-refractivity contribution in [2.24, 2.45) is 11.8 Å². The van der Waals surface area contributed by atoms with Crippen LogP contribution in [0.15, 0.2) is 0 Å². The standard InChI is InChI=1S/C14H25N.2H2O/c1-3-7-13-11(5-1)9-10-12-6-2-4-8-14(12)15-13;;/h11-15H,1-10H2;2*1H2. The van der Waals surface area contributed by atoms with Crippen LogP contribution in [0, 0.1) is 11.8 Å². The lowest BCUT2D eigenvalue weighted by Gasteiger charge is -2.35. The van der Waals surface area contributed by atoms with E-state index in [0.29, 0.717) is 0 Å². The second kappa shape index (κ2) is 6.72. The van der Waals surface area contributed by atoms with E-state index in [9.17, 15) is 0 Å². The Morgan fingerprint density at radius 3 is 1.41 bits per heavy atom. The number of fused-ring (bicyclic) bond motifs is 2. The Bertz CT molecular complexity index is 200. The molecule has 3 rings (SSSR count). The molecule has 3 heteroatoms. The lowest BCUT2D eigenvalue weighted by molar-refractivity contribution is 0.227. The maximum Gasteiger partial charge on any atom is 0.00980 e. The minimum atomic E-state index is 0. The third kappa shape index (κ3) is 3.21. The van der Waals surface area contributed by atoms with Gasteiger partial charge in [0.2, 0.25) is 0 Å². The van der Waals surface area contributed by atoms with E-state index < -0.39 is 0 Å². The van der Waals surface area contributed by atoms with Gasteiger partial charge in [0, 0.05) is 12.1 Å². The summed E-state index contributed by atoms with van der Waals surface area (Å²) in [5, 5.41) is 4.02. The van der Waals surface area contributed by atoms with Crippen LogP contribution in [0.1, 0.15) is 64.2 Å². The fourth-order valence-electron chi connectivity index (χ4n) is 4.25. The molecule has 2 aliphatic carbocycles. The summed E-state index contributed by atoms with van der Waals surface area (Å²) in [6.45, 7) is 0. The van der Waals surface area contributed by atoms with Crippen LogP contribution in [0.3, 0.4) is 0 Å². The second-order valence-corrected chi connectivity index (χ2v) is 6.05. The van der Waals surface area contributed by atoms with Crippen molar-refractivity contribution in [1.82, 2.24) is 5.32 Å². The van der Waals surface area contributed by atoms with E-state index in [1.165, 1.54) is 64.2 Å². The molecule has 17 heavy (non-hydrogen) atoms. The molecule has 1 aliphatic heterocycles. The maximum atomic E-state index is 4.02. The summed E-state index contributed by atoms with van der Waals surface area (Å²) >= 11 is 0. The van der Waals surface area contributed by atoms with Crippen LogP contribution in [0.4, 0.5) is 0 Å². The van der Waals surface area contributed by atoms with E-state index in [4.69, 9.17) is 0 Å². The normalized spacial score (nSPS) is 40.9. The van der Waals surface area contributed by atoms with Crippen LogP contribution in [-0.4, -0.2) is 23.0 Å². The van der Waals surface area contributed by atoms with Crippen molar-refractivity contribution in [3.8, 4) is 0 Å². The Labute approximate surface area is 105 Å².